The fourth-order valence-corrected chi connectivity index (χ4v) is 3.55. The topological polar surface area (TPSA) is 75.5 Å². The van der Waals surface area contributed by atoms with E-state index in [1.165, 1.54) is 18.1 Å². The number of carboxylic acids is 1. The number of aryl methyl sites for hydroxylation is 3. The van der Waals surface area contributed by atoms with Crippen molar-refractivity contribution < 1.29 is 14.6 Å². The largest absolute Gasteiger partial charge is 0.479 e. The summed E-state index contributed by atoms with van der Waals surface area (Å²) < 4.78 is 5.55. The van der Waals surface area contributed by atoms with Gasteiger partial charge in [0.1, 0.15) is 5.75 Å². The Morgan fingerprint density at radius 3 is 2.15 bits per heavy atom. The Bertz CT molecular complexity index is 1050. The first-order chi connectivity index (χ1) is 15.9. The van der Waals surface area contributed by atoms with Gasteiger partial charge >= 0.3 is 5.97 Å². The Labute approximate surface area is 196 Å². The van der Waals surface area contributed by atoms with Crippen LogP contribution in [0.25, 0.3) is 0 Å². The van der Waals surface area contributed by atoms with E-state index in [-0.39, 0.29) is 0 Å². The van der Waals surface area contributed by atoms with E-state index in [0.29, 0.717) is 5.75 Å². The molecule has 0 bridgehead atoms. The van der Waals surface area contributed by atoms with Gasteiger partial charge in [0.2, 0.25) is 5.95 Å². The fraction of sp³-hybridized carbons (Fsp3) is 0.370. The van der Waals surface area contributed by atoms with Gasteiger partial charge in [-0.2, -0.15) is 0 Å². The van der Waals surface area contributed by atoms with Crippen LogP contribution in [0.5, 0.6) is 5.75 Å². The van der Waals surface area contributed by atoms with Crippen LogP contribution in [0.2, 0.25) is 0 Å². The normalized spacial score (nSPS) is 11.8. The van der Waals surface area contributed by atoms with Crippen LogP contribution in [0, 0.1) is 6.92 Å². The van der Waals surface area contributed by atoms with Crippen LogP contribution in [0.15, 0.2) is 54.9 Å². The molecule has 0 aliphatic heterocycles. The first kappa shape index (κ1) is 24.2. The molecule has 174 valence electrons. The minimum absolute atomic E-state index is 0.597. The van der Waals surface area contributed by atoms with Crippen LogP contribution in [0.4, 0.5) is 5.95 Å². The molecule has 3 rings (SSSR count). The number of carbonyl (C=O) groups is 1. The number of nitrogens with zero attached hydrogens (tertiary/aromatic N) is 3. The molecule has 6 nitrogen and oxygen atoms in total. The Morgan fingerprint density at radius 1 is 0.970 bits per heavy atom. The van der Waals surface area contributed by atoms with Crippen LogP contribution in [0.3, 0.4) is 0 Å². The van der Waals surface area contributed by atoms with Crippen molar-refractivity contribution in [2.24, 2.45) is 0 Å². The summed E-state index contributed by atoms with van der Waals surface area (Å²) in [6.07, 6.45) is 5.65. The molecule has 6 heteroatoms. The van der Waals surface area contributed by atoms with Crippen molar-refractivity contribution in [3.8, 4) is 5.75 Å². The summed E-state index contributed by atoms with van der Waals surface area (Å²) in [4.78, 5) is 22.5. The Balaban J connectivity index is 1.74. The fourth-order valence-electron chi connectivity index (χ4n) is 3.55. The van der Waals surface area contributed by atoms with Gasteiger partial charge in [0.05, 0.1) is 0 Å². The van der Waals surface area contributed by atoms with Gasteiger partial charge < -0.3 is 14.7 Å². The highest BCUT2D eigenvalue weighted by molar-refractivity contribution is 5.72. The van der Waals surface area contributed by atoms with Gasteiger partial charge in [-0.3, -0.25) is 0 Å². The molecule has 3 aromatic rings. The number of anilines is 1. The van der Waals surface area contributed by atoms with Crippen molar-refractivity contribution in [1.82, 2.24) is 9.97 Å². The standard InChI is InChI=1S/C27H33N3O3/c1-5-21-7-9-24(10-8-21)18-30(27-28-16-22(6-2)17-29-27)14-13-23-11-12-25(19(3)15-23)33-20(4)26(31)32/h7-12,15-17,20H,5-6,13-14,18H2,1-4H3,(H,31,32). The highest BCUT2D eigenvalue weighted by Gasteiger charge is 2.15. The van der Waals surface area contributed by atoms with Crippen LogP contribution >= 0.6 is 0 Å². The predicted molar refractivity (Wildman–Crippen MR) is 131 cm³/mol. The smallest absolute Gasteiger partial charge is 0.344 e. The molecule has 0 spiro atoms. The molecular formula is C27H33N3O3. The zero-order valence-corrected chi connectivity index (χ0v) is 19.9. The minimum Gasteiger partial charge on any atom is -0.479 e. The summed E-state index contributed by atoms with van der Waals surface area (Å²) >= 11 is 0. The Hall–Kier alpha value is -3.41. The molecule has 0 saturated carbocycles. The van der Waals surface area contributed by atoms with E-state index in [1.54, 1.807) is 0 Å². The lowest BCUT2D eigenvalue weighted by molar-refractivity contribution is -0.144. The van der Waals surface area contributed by atoms with E-state index < -0.39 is 12.1 Å². The highest BCUT2D eigenvalue weighted by atomic mass is 16.5. The molecular weight excluding hydrogens is 414 g/mol. The number of rotatable bonds is 11. The number of carboxylic acid groups (broad SMARTS) is 1. The molecule has 0 saturated heterocycles. The van der Waals surface area contributed by atoms with Gasteiger partial charge in [-0.1, -0.05) is 50.2 Å². The average molecular weight is 448 g/mol. The minimum atomic E-state index is -0.977. The number of benzene rings is 2. The summed E-state index contributed by atoms with van der Waals surface area (Å²) in [5, 5.41) is 9.08. The molecule has 0 aliphatic rings. The average Bonchev–Trinajstić information content (AvgIpc) is 2.83. The van der Waals surface area contributed by atoms with Crippen LogP contribution < -0.4 is 9.64 Å². The van der Waals surface area contributed by atoms with Crippen LogP contribution in [-0.4, -0.2) is 33.7 Å². The number of aliphatic carboxylic acids is 1. The van der Waals surface area contributed by atoms with E-state index in [2.05, 4.69) is 59.0 Å². The molecule has 0 aliphatic carbocycles. The summed E-state index contributed by atoms with van der Waals surface area (Å²) in [6.45, 7) is 9.21. The van der Waals surface area contributed by atoms with Gasteiger partial charge in [0, 0.05) is 25.5 Å². The third-order valence-corrected chi connectivity index (χ3v) is 5.75. The van der Waals surface area contributed by atoms with Crippen molar-refractivity contribution in [3.05, 3.63) is 82.7 Å². The van der Waals surface area contributed by atoms with Gasteiger partial charge in [0.25, 0.3) is 0 Å². The summed E-state index contributed by atoms with van der Waals surface area (Å²) in [5.41, 5.74) is 5.74. The second-order valence-corrected chi connectivity index (χ2v) is 8.28. The first-order valence-corrected chi connectivity index (χ1v) is 11.5. The molecule has 0 fully saturated rings. The third-order valence-electron chi connectivity index (χ3n) is 5.75. The third kappa shape index (κ3) is 6.78. The van der Waals surface area contributed by atoms with Gasteiger partial charge in [-0.15, -0.1) is 0 Å². The number of hydrogen-bond donors (Lipinski definition) is 1. The SMILES string of the molecule is CCc1ccc(CN(CCc2ccc(OC(C)C(=O)O)c(C)c2)c2ncc(CC)cn2)cc1. The van der Waals surface area contributed by atoms with Crippen molar-refractivity contribution >= 4 is 11.9 Å². The van der Waals surface area contributed by atoms with E-state index in [4.69, 9.17) is 9.84 Å². The maximum absolute atomic E-state index is 11.1. The summed E-state index contributed by atoms with van der Waals surface area (Å²) in [6, 6.07) is 14.6. The number of ether oxygens (including phenoxy) is 1. The van der Waals surface area contributed by atoms with Crippen molar-refractivity contribution in [1.29, 1.82) is 0 Å². The van der Waals surface area contributed by atoms with Gasteiger partial charge in [-0.25, -0.2) is 14.8 Å². The summed E-state index contributed by atoms with van der Waals surface area (Å²) in [5.74, 6) is 0.342. The molecule has 1 unspecified atom stereocenters. The zero-order valence-electron chi connectivity index (χ0n) is 19.9. The van der Waals surface area contributed by atoms with E-state index in [1.807, 2.05) is 31.5 Å². The Morgan fingerprint density at radius 2 is 1.58 bits per heavy atom. The predicted octanol–water partition coefficient (Wildman–Crippen LogP) is 5.01. The zero-order chi connectivity index (χ0) is 23.8. The van der Waals surface area contributed by atoms with Crippen molar-refractivity contribution in [2.45, 2.75) is 59.6 Å². The van der Waals surface area contributed by atoms with E-state index >= 15 is 0 Å². The molecule has 0 amide bonds. The van der Waals surface area contributed by atoms with Crippen LogP contribution in [0.1, 0.15) is 48.6 Å². The maximum atomic E-state index is 11.1. The van der Waals surface area contributed by atoms with Crippen molar-refractivity contribution in [2.75, 3.05) is 11.4 Å². The summed E-state index contributed by atoms with van der Waals surface area (Å²) in [7, 11) is 0. The molecule has 33 heavy (non-hydrogen) atoms. The van der Waals surface area contributed by atoms with Gasteiger partial charge in [0.15, 0.2) is 6.10 Å². The second kappa shape index (κ2) is 11.5. The lowest BCUT2D eigenvalue weighted by Gasteiger charge is -2.23. The number of aromatic nitrogens is 2. The Kier molecular flexibility index (Phi) is 8.41. The lowest BCUT2D eigenvalue weighted by atomic mass is 10.1. The maximum Gasteiger partial charge on any atom is 0.344 e. The highest BCUT2D eigenvalue weighted by Crippen LogP contribution is 2.22. The monoisotopic (exact) mass is 447 g/mol. The first-order valence-electron chi connectivity index (χ1n) is 11.5. The molecule has 2 aromatic carbocycles. The molecule has 1 atom stereocenters. The molecule has 1 N–H and O–H groups in total. The molecule has 0 radical (unpaired) electrons. The van der Waals surface area contributed by atoms with Crippen molar-refractivity contribution in [3.63, 3.8) is 0 Å². The molecule has 1 heterocycles. The van der Waals surface area contributed by atoms with E-state index in [0.717, 1.165) is 55.0 Å². The van der Waals surface area contributed by atoms with E-state index in [9.17, 15) is 4.79 Å². The van der Waals surface area contributed by atoms with Crippen LogP contribution in [-0.2, 0) is 30.6 Å². The second-order valence-electron chi connectivity index (χ2n) is 8.28. The quantitative estimate of drug-likeness (QED) is 0.445. The lowest BCUT2D eigenvalue weighted by Crippen LogP contribution is -2.27. The molecule has 1 aromatic heterocycles. The number of hydrogen-bond acceptors (Lipinski definition) is 5. The van der Waals surface area contributed by atoms with Gasteiger partial charge in [-0.05, 0) is 67.0 Å².